The average Bonchev–Trinajstić information content (AvgIpc) is 3.31. The quantitative estimate of drug-likeness (QED) is 0.364. The van der Waals surface area contributed by atoms with Crippen LogP contribution < -0.4 is 9.64 Å². The number of hydrogen-bond donors (Lipinski definition) is 0. The van der Waals surface area contributed by atoms with Crippen molar-refractivity contribution in [3.63, 3.8) is 0 Å². The van der Waals surface area contributed by atoms with Crippen LogP contribution in [0.1, 0.15) is 48.5 Å². The zero-order chi connectivity index (χ0) is 24.6. The molecule has 4 rings (SSSR count). The van der Waals surface area contributed by atoms with Crippen LogP contribution in [0, 0.1) is 0 Å². The molecule has 2 heterocycles. The summed E-state index contributed by atoms with van der Waals surface area (Å²) >= 11 is 0. The van der Waals surface area contributed by atoms with E-state index in [-0.39, 0.29) is 5.91 Å². The van der Waals surface area contributed by atoms with Gasteiger partial charge in [-0.3, -0.25) is 4.79 Å². The van der Waals surface area contributed by atoms with Crippen molar-refractivity contribution in [3.05, 3.63) is 65.7 Å². The lowest BCUT2D eigenvalue weighted by atomic mass is 10.0. The molecule has 1 aromatic heterocycles. The number of aromatic nitrogens is 1. The highest BCUT2D eigenvalue weighted by molar-refractivity contribution is 5.94. The number of anilines is 1. The number of rotatable bonds is 10. The lowest BCUT2D eigenvalue weighted by Gasteiger charge is -2.34. The van der Waals surface area contributed by atoms with Gasteiger partial charge in [0.25, 0.3) is 5.91 Å². The van der Waals surface area contributed by atoms with Gasteiger partial charge in [-0.25, -0.2) is 0 Å². The van der Waals surface area contributed by atoms with Gasteiger partial charge in [0, 0.05) is 44.0 Å². The number of amides is 1. The van der Waals surface area contributed by atoms with Gasteiger partial charge in [-0.15, -0.1) is 0 Å². The first-order valence-corrected chi connectivity index (χ1v) is 12.3. The third-order valence-electron chi connectivity index (χ3n) is 6.61. The first kappa shape index (κ1) is 24.8. The van der Waals surface area contributed by atoms with Gasteiger partial charge in [-0.1, -0.05) is 41.6 Å². The molecule has 1 aliphatic rings. The number of nitrogens with zero attached hydrogens (tertiary/aromatic N) is 3. The zero-order valence-electron chi connectivity index (χ0n) is 20.9. The van der Waals surface area contributed by atoms with Gasteiger partial charge >= 0.3 is 0 Å². The van der Waals surface area contributed by atoms with Gasteiger partial charge in [-0.2, -0.15) is 0 Å². The number of benzene rings is 2. The average molecular weight is 478 g/mol. The first-order valence-electron chi connectivity index (χ1n) is 12.3. The summed E-state index contributed by atoms with van der Waals surface area (Å²) in [4.78, 5) is 17.9. The number of carbonyl (C=O) groups is 1. The summed E-state index contributed by atoms with van der Waals surface area (Å²) < 4.78 is 16.6. The van der Waals surface area contributed by atoms with Gasteiger partial charge in [0.1, 0.15) is 11.4 Å². The SMILES string of the molecule is COCCCN(Cc1c(-c2ccccc2)noc1N1CCCC[C@H]1C)C(=O)c1cccc(OC)c1. The Balaban J connectivity index is 1.72. The van der Waals surface area contributed by atoms with Gasteiger partial charge in [0.05, 0.1) is 19.2 Å². The van der Waals surface area contributed by atoms with Crippen LogP contribution in [0.15, 0.2) is 59.1 Å². The molecule has 1 aliphatic heterocycles. The molecule has 35 heavy (non-hydrogen) atoms. The van der Waals surface area contributed by atoms with Crippen LogP contribution in [0.5, 0.6) is 5.75 Å². The van der Waals surface area contributed by atoms with E-state index < -0.39 is 0 Å². The molecule has 0 spiro atoms. The summed E-state index contributed by atoms with van der Waals surface area (Å²) in [5.74, 6) is 1.37. The number of carbonyl (C=O) groups excluding carboxylic acids is 1. The van der Waals surface area contributed by atoms with E-state index in [4.69, 9.17) is 14.0 Å². The maximum atomic E-state index is 13.7. The Bertz CT molecular complexity index is 1100. The monoisotopic (exact) mass is 477 g/mol. The lowest BCUT2D eigenvalue weighted by Crippen LogP contribution is -2.38. The molecule has 1 atom stereocenters. The molecule has 0 unspecified atom stereocenters. The second-order valence-electron chi connectivity index (χ2n) is 9.02. The molecule has 1 amide bonds. The van der Waals surface area contributed by atoms with Crippen molar-refractivity contribution in [2.75, 3.05) is 38.8 Å². The normalized spacial score (nSPS) is 15.7. The minimum Gasteiger partial charge on any atom is -0.497 e. The highest BCUT2D eigenvalue weighted by Crippen LogP contribution is 2.35. The smallest absolute Gasteiger partial charge is 0.254 e. The van der Waals surface area contributed by atoms with Crippen LogP contribution in [-0.4, -0.2) is 55.9 Å². The predicted molar refractivity (Wildman–Crippen MR) is 137 cm³/mol. The largest absolute Gasteiger partial charge is 0.497 e. The highest BCUT2D eigenvalue weighted by atomic mass is 16.5. The van der Waals surface area contributed by atoms with Gasteiger partial charge < -0.3 is 23.8 Å². The molecule has 7 nitrogen and oxygen atoms in total. The minimum absolute atomic E-state index is 0.0575. The van der Waals surface area contributed by atoms with E-state index in [2.05, 4.69) is 17.0 Å². The Hall–Kier alpha value is -3.32. The fourth-order valence-electron chi connectivity index (χ4n) is 4.67. The van der Waals surface area contributed by atoms with Gasteiger partial charge in [0.15, 0.2) is 0 Å². The van der Waals surface area contributed by atoms with Crippen LogP contribution in [-0.2, 0) is 11.3 Å². The number of piperidine rings is 1. The van der Waals surface area contributed by atoms with Crippen LogP contribution in [0.25, 0.3) is 11.3 Å². The summed E-state index contributed by atoms with van der Waals surface area (Å²) in [6.07, 6.45) is 4.17. The zero-order valence-corrected chi connectivity index (χ0v) is 20.9. The van der Waals surface area contributed by atoms with Crippen LogP contribution >= 0.6 is 0 Å². The molecule has 0 aliphatic carbocycles. The number of ether oxygens (including phenoxy) is 2. The molecule has 7 heteroatoms. The maximum Gasteiger partial charge on any atom is 0.254 e. The van der Waals surface area contributed by atoms with E-state index in [9.17, 15) is 4.79 Å². The Kier molecular flexibility index (Phi) is 8.42. The Morgan fingerprint density at radius 2 is 1.97 bits per heavy atom. The molecule has 1 fully saturated rings. The van der Waals surface area contributed by atoms with Crippen LogP contribution in [0.3, 0.4) is 0 Å². The van der Waals surface area contributed by atoms with Crippen molar-refractivity contribution in [1.29, 1.82) is 0 Å². The Morgan fingerprint density at radius 3 is 2.71 bits per heavy atom. The molecular weight excluding hydrogens is 442 g/mol. The molecule has 0 saturated carbocycles. The third-order valence-corrected chi connectivity index (χ3v) is 6.61. The van der Waals surface area contributed by atoms with Crippen molar-refractivity contribution < 1.29 is 18.8 Å². The standard InChI is InChI=1S/C28H35N3O4/c1-21-11-7-8-17-31(21)28-25(26(29-35-28)22-12-5-4-6-13-22)20-30(16-10-18-33-2)27(32)23-14-9-15-24(19-23)34-3/h4-6,9,12-15,19,21H,7-8,10-11,16-18,20H2,1-3H3/t21-/m1/s1. The minimum atomic E-state index is -0.0575. The van der Waals surface area contributed by atoms with E-state index in [0.29, 0.717) is 37.1 Å². The number of hydrogen-bond acceptors (Lipinski definition) is 6. The summed E-state index contributed by atoms with van der Waals surface area (Å²) in [6, 6.07) is 17.7. The van der Waals surface area contributed by atoms with Crippen LogP contribution in [0.4, 0.5) is 5.88 Å². The van der Waals surface area contributed by atoms with E-state index in [1.165, 1.54) is 6.42 Å². The highest BCUT2D eigenvalue weighted by Gasteiger charge is 2.30. The van der Waals surface area contributed by atoms with E-state index in [1.807, 2.05) is 53.4 Å². The molecule has 2 aromatic carbocycles. The summed E-state index contributed by atoms with van der Waals surface area (Å²) in [5.41, 5.74) is 3.30. The lowest BCUT2D eigenvalue weighted by molar-refractivity contribution is 0.0723. The van der Waals surface area contributed by atoms with Crippen LogP contribution in [0.2, 0.25) is 0 Å². The number of methoxy groups -OCH3 is 2. The molecule has 0 N–H and O–H groups in total. The van der Waals surface area contributed by atoms with Crippen molar-refractivity contribution in [2.24, 2.45) is 0 Å². The Labute approximate surface area is 207 Å². The summed E-state index contributed by atoms with van der Waals surface area (Å²) in [5, 5.41) is 4.51. The van der Waals surface area contributed by atoms with E-state index >= 15 is 0 Å². The van der Waals surface area contributed by atoms with Crippen molar-refractivity contribution in [2.45, 2.75) is 45.2 Å². The molecular formula is C28H35N3O4. The maximum absolute atomic E-state index is 13.7. The van der Waals surface area contributed by atoms with Crippen molar-refractivity contribution >= 4 is 11.8 Å². The molecule has 3 aromatic rings. The second kappa shape index (κ2) is 11.9. The molecule has 186 valence electrons. The van der Waals surface area contributed by atoms with Crippen molar-refractivity contribution in [1.82, 2.24) is 10.1 Å². The summed E-state index contributed by atoms with van der Waals surface area (Å²) in [6.45, 7) is 4.67. The third kappa shape index (κ3) is 5.85. The molecule has 0 bridgehead atoms. The van der Waals surface area contributed by atoms with E-state index in [1.54, 1.807) is 20.3 Å². The summed E-state index contributed by atoms with van der Waals surface area (Å²) in [7, 11) is 3.28. The van der Waals surface area contributed by atoms with E-state index in [0.717, 1.165) is 48.5 Å². The van der Waals surface area contributed by atoms with Gasteiger partial charge in [-0.05, 0) is 50.8 Å². The molecule has 0 radical (unpaired) electrons. The molecule has 1 saturated heterocycles. The Morgan fingerprint density at radius 1 is 1.14 bits per heavy atom. The fourth-order valence-corrected chi connectivity index (χ4v) is 4.67. The topological polar surface area (TPSA) is 68.0 Å². The first-order chi connectivity index (χ1) is 17.1. The fraction of sp³-hybridized carbons (Fsp3) is 0.429. The second-order valence-corrected chi connectivity index (χ2v) is 9.02. The predicted octanol–water partition coefficient (Wildman–Crippen LogP) is 5.41. The van der Waals surface area contributed by atoms with Gasteiger partial charge in [0.2, 0.25) is 5.88 Å². The van der Waals surface area contributed by atoms with Crippen molar-refractivity contribution in [3.8, 4) is 17.0 Å².